The van der Waals surface area contributed by atoms with Gasteiger partial charge in [-0.3, -0.25) is 0 Å². The van der Waals surface area contributed by atoms with Crippen LogP contribution in [0.4, 0.5) is 0 Å². The van der Waals surface area contributed by atoms with E-state index in [-0.39, 0.29) is 0 Å². The minimum atomic E-state index is -3.37. The minimum Gasteiger partial charge on any atom is -0.314 e. The lowest BCUT2D eigenvalue weighted by Gasteiger charge is -2.27. The summed E-state index contributed by atoms with van der Waals surface area (Å²) in [5.41, 5.74) is 1.06. The van der Waals surface area contributed by atoms with Gasteiger partial charge in [0.25, 0.3) is 0 Å². The smallest absolute Gasteiger partial charge is 0.240 e. The highest BCUT2D eigenvalue weighted by Crippen LogP contribution is 2.15. The molecule has 2 atom stereocenters. The third-order valence-electron chi connectivity index (χ3n) is 3.66. The SMILES string of the molecule is Cc1ccc(S(=O)(=O)NCC2CCC(C)NC2)cc1. The van der Waals surface area contributed by atoms with Crippen molar-refractivity contribution in [2.24, 2.45) is 5.92 Å². The summed E-state index contributed by atoms with van der Waals surface area (Å²) in [4.78, 5) is 0.343. The summed E-state index contributed by atoms with van der Waals surface area (Å²) in [5, 5.41) is 3.38. The van der Waals surface area contributed by atoms with Crippen LogP contribution in [0.3, 0.4) is 0 Å². The van der Waals surface area contributed by atoms with Gasteiger partial charge in [-0.1, -0.05) is 17.7 Å². The van der Waals surface area contributed by atoms with E-state index in [0.717, 1.165) is 24.9 Å². The molecule has 0 amide bonds. The fourth-order valence-electron chi connectivity index (χ4n) is 2.26. The largest absolute Gasteiger partial charge is 0.314 e. The Bertz CT molecular complexity index is 503. The number of piperidine rings is 1. The standard InChI is InChI=1S/C14H22N2O2S/c1-11-3-7-14(8-4-11)19(17,18)16-10-13-6-5-12(2)15-9-13/h3-4,7-8,12-13,15-16H,5-6,9-10H2,1-2H3. The predicted molar refractivity (Wildman–Crippen MR) is 76.6 cm³/mol. The van der Waals surface area contributed by atoms with Gasteiger partial charge in [-0.2, -0.15) is 0 Å². The first-order chi connectivity index (χ1) is 8.97. The van der Waals surface area contributed by atoms with E-state index >= 15 is 0 Å². The number of nitrogens with one attached hydrogen (secondary N) is 2. The normalized spacial score (nSPS) is 24.3. The molecule has 5 heteroatoms. The van der Waals surface area contributed by atoms with E-state index in [9.17, 15) is 8.42 Å². The number of hydrogen-bond acceptors (Lipinski definition) is 3. The molecule has 1 aromatic rings. The summed E-state index contributed by atoms with van der Waals surface area (Å²) in [6.45, 7) is 5.50. The van der Waals surface area contributed by atoms with E-state index in [0.29, 0.717) is 23.4 Å². The van der Waals surface area contributed by atoms with Gasteiger partial charge in [-0.05, 0) is 51.3 Å². The van der Waals surface area contributed by atoms with Gasteiger partial charge in [0.15, 0.2) is 0 Å². The highest BCUT2D eigenvalue weighted by atomic mass is 32.2. The van der Waals surface area contributed by atoms with E-state index in [1.807, 2.05) is 19.1 Å². The molecule has 106 valence electrons. The Morgan fingerprint density at radius 1 is 1.26 bits per heavy atom. The van der Waals surface area contributed by atoms with E-state index in [1.54, 1.807) is 12.1 Å². The quantitative estimate of drug-likeness (QED) is 0.883. The Morgan fingerprint density at radius 3 is 2.53 bits per heavy atom. The maximum absolute atomic E-state index is 12.1. The van der Waals surface area contributed by atoms with Crippen LogP contribution in [0.15, 0.2) is 29.2 Å². The predicted octanol–water partition coefficient (Wildman–Crippen LogP) is 1.66. The molecule has 2 rings (SSSR count). The van der Waals surface area contributed by atoms with Crippen molar-refractivity contribution in [3.8, 4) is 0 Å². The van der Waals surface area contributed by atoms with E-state index < -0.39 is 10.0 Å². The third-order valence-corrected chi connectivity index (χ3v) is 5.10. The lowest BCUT2D eigenvalue weighted by Crippen LogP contribution is -2.41. The van der Waals surface area contributed by atoms with Gasteiger partial charge in [0.2, 0.25) is 10.0 Å². The van der Waals surface area contributed by atoms with Crippen molar-refractivity contribution in [2.45, 2.75) is 37.6 Å². The second-order valence-electron chi connectivity index (χ2n) is 5.42. The fraction of sp³-hybridized carbons (Fsp3) is 0.571. The molecule has 2 N–H and O–H groups in total. The zero-order valence-electron chi connectivity index (χ0n) is 11.5. The first kappa shape index (κ1) is 14.5. The Kier molecular flexibility index (Phi) is 4.60. The first-order valence-corrected chi connectivity index (χ1v) is 8.25. The van der Waals surface area contributed by atoms with E-state index in [4.69, 9.17) is 0 Å². The third kappa shape index (κ3) is 4.03. The molecule has 1 aromatic carbocycles. The molecule has 1 aliphatic heterocycles. The van der Waals surface area contributed by atoms with Gasteiger partial charge in [0.05, 0.1) is 4.90 Å². The summed E-state index contributed by atoms with van der Waals surface area (Å²) >= 11 is 0. The maximum atomic E-state index is 12.1. The molecular weight excluding hydrogens is 260 g/mol. The van der Waals surface area contributed by atoms with Crippen molar-refractivity contribution in [2.75, 3.05) is 13.1 Å². The summed E-state index contributed by atoms with van der Waals surface area (Å²) < 4.78 is 26.9. The molecule has 1 aliphatic rings. The van der Waals surface area contributed by atoms with Gasteiger partial charge < -0.3 is 5.32 Å². The minimum absolute atomic E-state index is 0.343. The number of hydrogen-bond donors (Lipinski definition) is 2. The molecule has 19 heavy (non-hydrogen) atoms. The molecule has 1 saturated heterocycles. The molecule has 2 unspecified atom stereocenters. The molecule has 0 spiro atoms. The Hall–Kier alpha value is -0.910. The summed E-state index contributed by atoms with van der Waals surface area (Å²) in [5.74, 6) is 0.386. The molecule has 0 bridgehead atoms. The van der Waals surface area contributed by atoms with Crippen LogP contribution in [-0.2, 0) is 10.0 Å². The van der Waals surface area contributed by atoms with Gasteiger partial charge in [0.1, 0.15) is 0 Å². The van der Waals surface area contributed by atoms with Crippen molar-refractivity contribution >= 4 is 10.0 Å². The van der Waals surface area contributed by atoms with Crippen molar-refractivity contribution in [3.05, 3.63) is 29.8 Å². The number of rotatable bonds is 4. The highest BCUT2D eigenvalue weighted by molar-refractivity contribution is 7.89. The van der Waals surface area contributed by atoms with Crippen LogP contribution in [0, 0.1) is 12.8 Å². The molecule has 0 aromatic heterocycles. The van der Waals surface area contributed by atoms with E-state index in [1.165, 1.54) is 0 Å². The monoisotopic (exact) mass is 282 g/mol. The van der Waals surface area contributed by atoms with E-state index in [2.05, 4.69) is 17.0 Å². The Morgan fingerprint density at radius 2 is 1.95 bits per heavy atom. The summed E-state index contributed by atoms with van der Waals surface area (Å²) in [6.07, 6.45) is 2.18. The maximum Gasteiger partial charge on any atom is 0.240 e. The van der Waals surface area contributed by atoms with Crippen molar-refractivity contribution < 1.29 is 8.42 Å². The van der Waals surface area contributed by atoms with Crippen LogP contribution >= 0.6 is 0 Å². The van der Waals surface area contributed by atoms with Crippen LogP contribution < -0.4 is 10.0 Å². The molecule has 4 nitrogen and oxygen atoms in total. The summed E-state index contributed by atoms with van der Waals surface area (Å²) in [6, 6.07) is 7.49. The molecule has 0 radical (unpaired) electrons. The molecule has 1 fully saturated rings. The zero-order chi connectivity index (χ0) is 13.9. The molecule has 1 heterocycles. The molecule has 0 saturated carbocycles. The Labute approximate surface area is 115 Å². The summed E-state index contributed by atoms with van der Waals surface area (Å²) in [7, 11) is -3.37. The van der Waals surface area contributed by atoms with Crippen molar-refractivity contribution in [3.63, 3.8) is 0 Å². The average molecular weight is 282 g/mol. The van der Waals surface area contributed by atoms with Gasteiger partial charge in [-0.25, -0.2) is 13.1 Å². The number of sulfonamides is 1. The number of benzene rings is 1. The number of aryl methyl sites for hydroxylation is 1. The lowest BCUT2D eigenvalue weighted by atomic mass is 9.96. The lowest BCUT2D eigenvalue weighted by molar-refractivity contribution is 0.323. The molecule has 0 aliphatic carbocycles. The fourth-order valence-corrected chi connectivity index (χ4v) is 3.38. The van der Waals surface area contributed by atoms with Gasteiger partial charge in [-0.15, -0.1) is 0 Å². The van der Waals surface area contributed by atoms with Crippen molar-refractivity contribution in [1.82, 2.24) is 10.0 Å². The first-order valence-electron chi connectivity index (χ1n) is 6.77. The topological polar surface area (TPSA) is 58.2 Å². The van der Waals surface area contributed by atoms with Crippen LogP contribution in [0.5, 0.6) is 0 Å². The van der Waals surface area contributed by atoms with Gasteiger partial charge >= 0.3 is 0 Å². The highest BCUT2D eigenvalue weighted by Gasteiger charge is 2.20. The second-order valence-corrected chi connectivity index (χ2v) is 7.18. The van der Waals surface area contributed by atoms with Crippen LogP contribution in [0.2, 0.25) is 0 Å². The van der Waals surface area contributed by atoms with Crippen LogP contribution in [0.25, 0.3) is 0 Å². The van der Waals surface area contributed by atoms with Crippen LogP contribution in [0.1, 0.15) is 25.3 Å². The van der Waals surface area contributed by atoms with Crippen molar-refractivity contribution in [1.29, 1.82) is 0 Å². The average Bonchev–Trinajstić information content (AvgIpc) is 2.39. The van der Waals surface area contributed by atoms with Gasteiger partial charge in [0, 0.05) is 12.6 Å². The molecular formula is C14H22N2O2S. The Balaban J connectivity index is 1.92. The van der Waals surface area contributed by atoms with Crippen LogP contribution in [-0.4, -0.2) is 27.5 Å². The second kappa shape index (κ2) is 6.03. The zero-order valence-corrected chi connectivity index (χ0v) is 12.3.